The highest BCUT2D eigenvalue weighted by Crippen LogP contribution is 2.14. The number of hydrogen-bond acceptors (Lipinski definition) is 4. The average Bonchev–Trinajstić information content (AvgIpc) is 2.58. The van der Waals surface area contributed by atoms with Gasteiger partial charge in [-0.25, -0.2) is 13.1 Å². The molecule has 0 aliphatic heterocycles. The summed E-state index contributed by atoms with van der Waals surface area (Å²) in [6.07, 6.45) is 0. The maximum absolute atomic E-state index is 12.4. The van der Waals surface area contributed by atoms with Gasteiger partial charge in [0.15, 0.2) is 0 Å². The molecule has 0 heterocycles. The second-order valence-electron chi connectivity index (χ2n) is 6.80. The molecule has 0 radical (unpaired) electrons. The SMILES string of the molecule is CC(C)(C)NS(=O)(=O)c1cccc(C(=O)NNC(=O)c2ccc(Cl)cc2)c1. The molecule has 3 N–H and O–H groups in total. The smallest absolute Gasteiger partial charge is 0.267 e. The number of hydrazine groups is 1. The summed E-state index contributed by atoms with van der Waals surface area (Å²) < 4.78 is 27.3. The van der Waals surface area contributed by atoms with Gasteiger partial charge in [-0.3, -0.25) is 20.4 Å². The van der Waals surface area contributed by atoms with E-state index in [1.165, 1.54) is 36.4 Å². The monoisotopic (exact) mass is 409 g/mol. The Morgan fingerprint density at radius 3 is 2.00 bits per heavy atom. The van der Waals surface area contributed by atoms with Crippen molar-refractivity contribution in [3.8, 4) is 0 Å². The Kier molecular flexibility index (Phi) is 6.25. The van der Waals surface area contributed by atoms with Crippen LogP contribution in [-0.4, -0.2) is 25.8 Å². The van der Waals surface area contributed by atoms with Gasteiger partial charge in [0.05, 0.1) is 4.90 Å². The number of halogens is 1. The highest BCUT2D eigenvalue weighted by molar-refractivity contribution is 7.89. The van der Waals surface area contributed by atoms with Crippen LogP contribution in [0.5, 0.6) is 0 Å². The van der Waals surface area contributed by atoms with Crippen LogP contribution in [0.4, 0.5) is 0 Å². The summed E-state index contributed by atoms with van der Waals surface area (Å²) in [7, 11) is -3.78. The Bertz CT molecular complexity index is 951. The highest BCUT2D eigenvalue weighted by atomic mass is 35.5. The van der Waals surface area contributed by atoms with Crippen LogP contribution in [0.3, 0.4) is 0 Å². The number of amides is 2. The molecular formula is C18H20ClN3O4S. The third-order valence-corrected chi connectivity index (χ3v) is 5.25. The molecule has 2 aromatic carbocycles. The highest BCUT2D eigenvalue weighted by Gasteiger charge is 2.22. The summed E-state index contributed by atoms with van der Waals surface area (Å²) in [5, 5.41) is 0.484. The molecule has 7 nitrogen and oxygen atoms in total. The molecule has 0 unspecified atom stereocenters. The van der Waals surface area contributed by atoms with Crippen molar-refractivity contribution in [3.05, 3.63) is 64.7 Å². The summed E-state index contributed by atoms with van der Waals surface area (Å²) in [6, 6.07) is 11.6. The lowest BCUT2D eigenvalue weighted by Gasteiger charge is -2.20. The number of sulfonamides is 1. The predicted molar refractivity (Wildman–Crippen MR) is 103 cm³/mol. The third-order valence-electron chi connectivity index (χ3n) is 3.24. The lowest BCUT2D eigenvalue weighted by atomic mass is 10.1. The molecular weight excluding hydrogens is 390 g/mol. The van der Waals surface area contributed by atoms with Crippen molar-refractivity contribution in [3.63, 3.8) is 0 Å². The predicted octanol–water partition coefficient (Wildman–Crippen LogP) is 2.49. The van der Waals surface area contributed by atoms with Crippen LogP contribution in [0.1, 0.15) is 41.5 Å². The Morgan fingerprint density at radius 1 is 0.889 bits per heavy atom. The Balaban J connectivity index is 2.09. The molecule has 0 aliphatic rings. The van der Waals surface area contributed by atoms with Gasteiger partial charge in [-0.05, 0) is 63.2 Å². The number of benzene rings is 2. The van der Waals surface area contributed by atoms with Crippen LogP contribution < -0.4 is 15.6 Å². The lowest BCUT2D eigenvalue weighted by molar-refractivity contribution is 0.0846. The molecule has 0 saturated heterocycles. The standard InChI is InChI=1S/C18H20ClN3O4S/c1-18(2,3)22-27(25,26)15-6-4-5-13(11-15)17(24)21-20-16(23)12-7-9-14(19)10-8-12/h4-11,22H,1-3H3,(H,20,23)(H,21,24). The second kappa shape index (κ2) is 8.08. The van der Waals surface area contributed by atoms with Gasteiger partial charge in [-0.1, -0.05) is 17.7 Å². The first-order chi connectivity index (χ1) is 12.5. The quantitative estimate of drug-likeness (QED) is 0.674. The van der Waals surface area contributed by atoms with E-state index in [-0.39, 0.29) is 10.5 Å². The van der Waals surface area contributed by atoms with E-state index in [1.807, 2.05) is 0 Å². The lowest BCUT2D eigenvalue weighted by Crippen LogP contribution is -2.42. The number of carbonyl (C=O) groups is 2. The Labute approximate surface area is 163 Å². The molecule has 0 bridgehead atoms. The van der Waals surface area contributed by atoms with Crippen molar-refractivity contribution in [2.45, 2.75) is 31.2 Å². The number of nitrogens with one attached hydrogen (secondary N) is 3. The van der Waals surface area contributed by atoms with Gasteiger partial charge in [-0.15, -0.1) is 0 Å². The van der Waals surface area contributed by atoms with Gasteiger partial charge in [-0.2, -0.15) is 0 Å². The fourth-order valence-corrected chi connectivity index (χ4v) is 3.72. The van der Waals surface area contributed by atoms with Crippen molar-refractivity contribution in [1.29, 1.82) is 0 Å². The van der Waals surface area contributed by atoms with Crippen molar-refractivity contribution in [2.75, 3.05) is 0 Å². The topological polar surface area (TPSA) is 104 Å². The first-order valence-electron chi connectivity index (χ1n) is 7.98. The molecule has 0 spiro atoms. The minimum absolute atomic E-state index is 0.0471. The van der Waals surface area contributed by atoms with E-state index < -0.39 is 27.4 Å². The maximum Gasteiger partial charge on any atom is 0.269 e. The third kappa shape index (κ3) is 6.06. The zero-order valence-corrected chi connectivity index (χ0v) is 16.6. The van der Waals surface area contributed by atoms with Gasteiger partial charge < -0.3 is 0 Å². The van der Waals surface area contributed by atoms with Gasteiger partial charge in [0, 0.05) is 21.7 Å². The zero-order chi connectivity index (χ0) is 20.2. The van der Waals surface area contributed by atoms with Crippen LogP contribution in [0.15, 0.2) is 53.4 Å². The number of hydrogen-bond donors (Lipinski definition) is 3. The first kappa shape index (κ1) is 20.9. The molecule has 9 heteroatoms. The minimum Gasteiger partial charge on any atom is -0.267 e. The number of rotatable bonds is 4. The van der Waals surface area contributed by atoms with Crippen LogP contribution in [-0.2, 0) is 10.0 Å². The fourth-order valence-electron chi connectivity index (χ4n) is 2.13. The van der Waals surface area contributed by atoms with E-state index >= 15 is 0 Å². The molecule has 0 fully saturated rings. The normalized spacial score (nSPS) is 11.7. The fraction of sp³-hybridized carbons (Fsp3) is 0.222. The van der Waals surface area contributed by atoms with Crippen LogP contribution >= 0.6 is 11.6 Å². The van der Waals surface area contributed by atoms with Gasteiger partial charge in [0.1, 0.15) is 0 Å². The Morgan fingerprint density at radius 2 is 1.44 bits per heavy atom. The van der Waals surface area contributed by atoms with E-state index in [4.69, 9.17) is 11.6 Å². The van der Waals surface area contributed by atoms with E-state index in [1.54, 1.807) is 32.9 Å². The van der Waals surface area contributed by atoms with E-state index in [9.17, 15) is 18.0 Å². The molecule has 144 valence electrons. The summed E-state index contributed by atoms with van der Waals surface area (Å²) in [5.74, 6) is -1.18. The molecule has 27 heavy (non-hydrogen) atoms. The molecule has 2 rings (SSSR count). The van der Waals surface area contributed by atoms with Gasteiger partial charge >= 0.3 is 0 Å². The molecule has 2 aromatic rings. The van der Waals surface area contributed by atoms with Crippen molar-refractivity contribution in [1.82, 2.24) is 15.6 Å². The molecule has 2 amide bonds. The molecule has 0 aromatic heterocycles. The largest absolute Gasteiger partial charge is 0.269 e. The van der Waals surface area contributed by atoms with E-state index in [0.717, 1.165) is 0 Å². The average molecular weight is 410 g/mol. The molecule has 0 aliphatic carbocycles. The summed E-state index contributed by atoms with van der Waals surface area (Å²) in [5.41, 5.74) is 4.25. The Hall–Kier alpha value is -2.42. The molecule has 0 saturated carbocycles. The van der Waals surface area contributed by atoms with Gasteiger partial charge in [0.2, 0.25) is 10.0 Å². The summed E-state index contributed by atoms with van der Waals surface area (Å²) in [6.45, 7) is 5.15. The number of carbonyl (C=O) groups excluding carboxylic acids is 2. The molecule has 0 atom stereocenters. The van der Waals surface area contributed by atoms with E-state index in [2.05, 4.69) is 15.6 Å². The minimum atomic E-state index is -3.78. The summed E-state index contributed by atoms with van der Waals surface area (Å²) >= 11 is 5.76. The van der Waals surface area contributed by atoms with Crippen LogP contribution in [0.25, 0.3) is 0 Å². The maximum atomic E-state index is 12.4. The van der Waals surface area contributed by atoms with Crippen molar-refractivity contribution in [2.24, 2.45) is 0 Å². The summed E-state index contributed by atoms with van der Waals surface area (Å²) in [4.78, 5) is 24.2. The second-order valence-corrected chi connectivity index (χ2v) is 8.92. The van der Waals surface area contributed by atoms with E-state index in [0.29, 0.717) is 10.6 Å². The van der Waals surface area contributed by atoms with Crippen molar-refractivity contribution < 1.29 is 18.0 Å². The van der Waals surface area contributed by atoms with Crippen molar-refractivity contribution >= 4 is 33.4 Å². The van der Waals surface area contributed by atoms with Gasteiger partial charge in [0.25, 0.3) is 11.8 Å². The van der Waals surface area contributed by atoms with Crippen LogP contribution in [0.2, 0.25) is 5.02 Å². The zero-order valence-electron chi connectivity index (χ0n) is 15.0. The first-order valence-corrected chi connectivity index (χ1v) is 9.84. The van der Waals surface area contributed by atoms with Crippen LogP contribution in [0, 0.1) is 0 Å².